The summed E-state index contributed by atoms with van der Waals surface area (Å²) in [5.41, 5.74) is 3.42. The summed E-state index contributed by atoms with van der Waals surface area (Å²) >= 11 is 0. The average Bonchev–Trinajstić information content (AvgIpc) is 2.41. The van der Waals surface area contributed by atoms with Crippen LogP contribution >= 0.6 is 0 Å². The summed E-state index contributed by atoms with van der Waals surface area (Å²) in [7, 11) is 3.26. The first-order chi connectivity index (χ1) is 8.67. The molecule has 1 aromatic heterocycles. The van der Waals surface area contributed by atoms with E-state index in [2.05, 4.69) is 9.97 Å². The monoisotopic (exact) mass is 244 g/mol. The fourth-order valence-corrected chi connectivity index (χ4v) is 1.77. The lowest BCUT2D eigenvalue weighted by Gasteiger charge is -2.12. The summed E-state index contributed by atoms with van der Waals surface area (Å²) in [5.74, 6) is 1.46. The quantitative estimate of drug-likeness (QED) is 0.832. The van der Waals surface area contributed by atoms with E-state index in [0.717, 1.165) is 34.1 Å². The molecule has 18 heavy (non-hydrogen) atoms. The molecule has 0 amide bonds. The van der Waals surface area contributed by atoms with E-state index >= 15 is 0 Å². The van der Waals surface area contributed by atoms with Gasteiger partial charge in [-0.1, -0.05) is 6.07 Å². The number of nitrogens with zero attached hydrogens (tertiary/aromatic N) is 2. The topological polar surface area (TPSA) is 44.2 Å². The first-order valence-electron chi connectivity index (χ1n) is 5.69. The Kier molecular flexibility index (Phi) is 3.46. The second-order valence-corrected chi connectivity index (χ2v) is 3.96. The van der Waals surface area contributed by atoms with Gasteiger partial charge in [-0.3, -0.25) is 4.98 Å². The van der Waals surface area contributed by atoms with Gasteiger partial charge in [0.25, 0.3) is 0 Å². The number of benzene rings is 1. The van der Waals surface area contributed by atoms with Crippen LogP contribution < -0.4 is 9.47 Å². The third kappa shape index (κ3) is 2.14. The summed E-state index contributed by atoms with van der Waals surface area (Å²) < 4.78 is 10.7. The molecule has 4 heteroatoms. The fourth-order valence-electron chi connectivity index (χ4n) is 1.77. The molecule has 2 rings (SSSR count). The zero-order valence-corrected chi connectivity index (χ0v) is 11.0. The molecule has 1 heterocycles. The highest BCUT2D eigenvalue weighted by Gasteiger charge is 2.14. The molecule has 94 valence electrons. The molecule has 2 aromatic rings. The predicted molar refractivity (Wildman–Crippen MR) is 70.0 cm³/mol. The molecule has 0 bridgehead atoms. The van der Waals surface area contributed by atoms with Gasteiger partial charge in [-0.25, -0.2) is 4.98 Å². The van der Waals surface area contributed by atoms with Crippen molar-refractivity contribution in [1.82, 2.24) is 9.97 Å². The van der Waals surface area contributed by atoms with E-state index in [0.29, 0.717) is 0 Å². The van der Waals surface area contributed by atoms with Crippen molar-refractivity contribution < 1.29 is 9.47 Å². The van der Waals surface area contributed by atoms with Gasteiger partial charge >= 0.3 is 0 Å². The lowest BCUT2D eigenvalue weighted by atomic mass is 10.1. The summed E-state index contributed by atoms with van der Waals surface area (Å²) in [6, 6.07) is 5.65. The number of hydrogen-bond acceptors (Lipinski definition) is 4. The smallest absolute Gasteiger partial charge is 0.132 e. The Hall–Kier alpha value is -2.10. The number of ether oxygens (including phenoxy) is 2. The highest BCUT2D eigenvalue weighted by Crippen LogP contribution is 2.36. The zero-order chi connectivity index (χ0) is 13.1. The lowest BCUT2D eigenvalue weighted by Crippen LogP contribution is -1.98. The van der Waals surface area contributed by atoms with Gasteiger partial charge in [0, 0.05) is 0 Å². The van der Waals surface area contributed by atoms with Gasteiger partial charge in [-0.05, 0) is 26.0 Å². The van der Waals surface area contributed by atoms with Gasteiger partial charge in [-0.2, -0.15) is 0 Å². The van der Waals surface area contributed by atoms with Gasteiger partial charge in [0.05, 0.1) is 43.1 Å². The van der Waals surface area contributed by atoms with Crippen LogP contribution in [0.1, 0.15) is 11.4 Å². The lowest BCUT2D eigenvalue weighted by molar-refractivity contribution is 0.397. The number of aryl methyl sites for hydroxylation is 2. The SMILES string of the molecule is COc1cccc(OC)c1-c1cnc(C)c(C)n1. The highest BCUT2D eigenvalue weighted by atomic mass is 16.5. The van der Waals surface area contributed by atoms with Gasteiger partial charge in [-0.15, -0.1) is 0 Å². The Morgan fingerprint density at radius 1 is 0.944 bits per heavy atom. The van der Waals surface area contributed by atoms with E-state index in [4.69, 9.17) is 9.47 Å². The van der Waals surface area contributed by atoms with Crippen LogP contribution in [0.2, 0.25) is 0 Å². The number of rotatable bonds is 3. The van der Waals surface area contributed by atoms with Crippen LogP contribution in [0.25, 0.3) is 11.3 Å². The van der Waals surface area contributed by atoms with Crippen LogP contribution in [-0.2, 0) is 0 Å². The molecule has 0 N–H and O–H groups in total. The van der Waals surface area contributed by atoms with Gasteiger partial charge in [0.2, 0.25) is 0 Å². The predicted octanol–water partition coefficient (Wildman–Crippen LogP) is 2.78. The summed E-state index contributed by atoms with van der Waals surface area (Å²) in [4.78, 5) is 8.87. The van der Waals surface area contributed by atoms with Gasteiger partial charge in [0.1, 0.15) is 11.5 Å². The fraction of sp³-hybridized carbons (Fsp3) is 0.286. The first kappa shape index (κ1) is 12.4. The minimum absolute atomic E-state index is 0.729. The van der Waals surface area contributed by atoms with E-state index in [-0.39, 0.29) is 0 Å². The van der Waals surface area contributed by atoms with Crippen molar-refractivity contribution in [1.29, 1.82) is 0 Å². The van der Waals surface area contributed by atoms with E-state index in [1.54, 1.807) is 20.4 Å². The van der Waals surface area contributed by atoms with Crippen LogP contribution in [0.5, 0.6) is 11.5 Å². The normalized spacial score (nSPS) is 10.2. The standard InChI is InChI=1S/C14H16N2O2/c1-9-10(2)16-11(8-15-9)14-12(17-3)6-5-7-13(14)18-4/h5-8H,1-4H3. The largest absolute Gasteiger partial charge is 0.496 e. The molecule has 4 nitrogen and oxygen atoms in total. The molecule has 0 radical (unpaired) electrons. The van der Waals surface area contributed by atoms with Crippen LogP contribution in [0, 0.1) is 13.8 Å². The summed E-state index contributed by atoms with van der Waals surface area (Å²) in [5, 5.41) is 0. The second-order valence-electron chi connectivity index (χ2n) is 3.96. The molecular formula is C14H16N2O2. The number of hydrogen-bond donors (Lipinski definition) is 0. The van der Waals surface area contributed by atoms with Crippen LogP contribution in [-0.4, -0.2) is 24.2 Å². The van der Waals surface area contributed by atoms with Crippen molar-refractivity contribution in [2.75, 3.05) is 14.2 Å². The number of methoxy groups -OCH3 is 2. The molecule has 1 aromatic carbocycles. The number of aromatic nitrogens is 2. The Labute approximate surface area is 107 Å². The van der Waals surface area contributed by atoms with Crippen molar-refractivity contribution in [2.45, 2.75) is 13.8 Å². The van der Waals surface area contributed by atoms with Crippen LogP contribution in [0.15, 0.2) is 24.4 Å². The van der Waals surface area contributed by atoms with Crippen molar-refractivity contribution in [3.05, 3.63) is 35.8 Å². The van der Waals surface area contributed by atoms with Gasteiger partial charge in [0.15, 0.2) is 0 Å². The van der Waals surface area contributed by atoms with Crippen molar-refractivity contribution in [3.63, 3.8) is 0 Å². The second kappa shape index (κ2) is 5.04. The minimum atomic E-state index is 0.729. The van der Waals surface area contributed by atoms with E-state index in [1.165, 1.54) is 0 Å². The first-order valence-corrected chi connectivity index (χ1v) is 5.69. The molecule has 0 atom stereocenters. The minimum Gasteiger partial charge on any atom is -0.496 e. The zero-order valence-electron chi connectivity index (χ0n) is 11.0. The van der Waals surface area contributed by atoms with Crippen molar-refractivity contribution >= 4 is 0 Å². The molecule has 0 spiro atoms. The van der Waals surface area contributed by atoms with Crippen LogP contribution in [0.3, 0.4) is 0 Å². The van der Waals surface area contributed by atoms with Gasteiger partial charge < -0.3 is 9.47 Å². The van der Waals surface area contributed by atoms with E-state index in [1.807, 2.05) is 32.0 Å². The summed E-state index contributed by atoms with van der Waals surface area (Å²) in [6.45, 7) is 3.87. The Morgan fingerprint density at radius 3 is 2.06 bits per heavy atom. The maximum atomic E-state index is 5.36. The highest BCUT2D eigenvalue weighted by molar-refractivity contribution is 5.73. The average molecular weight is 244 g/mol. The molecule has 0 saturated carbocycles. The molecule has 0 unspecified atom stereocenters. The Morgan fingerprint density at radius 2 is 1.56 bits per heavy atom. The van der Waals surface area contributed by atoms with E-state index < -0.39 is 0 Å². The van der Waals surface area contributed by atoms with E-state index in [9.17, 15) is 0 Å². The molecule has 0 fully saturated rings. The third-order valence-corrected chi connectivity index (χ3v) is 2.88. The molecule has 0 aliphatic heterocycles. The molecule has 0 aliphatic rings. The molecule has 0 saturated heterocycles. The Bertz CT molecular complexity index is 545. The Balaban J connectivity index is 2.64. The third-order valence-electron chi connectivity index (χ3n) is 2.88. The van der Waals surface area contributed by atoms with Crippen molar-refractivity contribution in [3.8, 4) is 22.8 Å². The van der Waals surface area contributed by atoms with Crippen LogP contribution in [0.4, 0.5) is 0 Å². The van der Waals surface area contributed by atoms with Crippen molar-refractivity contribution in [2.24, 2.45) is 0 Å². The molecular weight excluding hydrogens is 228 g/mol. The summed E-state index contributed by atoms with van der Waals surface area (Å²) in [6.07, 6.45) is 1.74. The maximum Gasteiger partial charge on any atom is 0.132 e. The maximum absolute atomic E-state index is 5.36. The molecule has 0 aliphatic carbocycles.